The fourth-order valence-electron chi connectivity index (χ4n) is 4.63. The zero-order chi connectivity index (χ0) is 23.7. The summed E-state index contributed by atoms with van der Waals surface area (Å²) in [6.07, 6.45) is 0.816. The van der Waals surface area contributed by atoms with E-state index in [1.807, 2.05) is 48.2 Å². The lowest BCUT2D eigenvalue weighted by molar-refractivity contribution is -0.120. The molecule has 172 valence electrons. The van der Waals surface area contributed by atoms with Gasteiger partial charge in [-0.25, -0.2) is 4.90 Å². The van der Waals surface area contributed by atoms with E-state index in [2.05, 4.69) is 12.1 Å². The Kier molecular flexibility index (Phi) is 5.80. The molecule has 0 spiro atoms. The topological polar surface area (TPSA) is 59.1 Å². The normalized spacial score (nSPS) is 15.6. The number of rotatable bonds is 6. The van der Waals surface area contributed by atoms with Crippen LogP contribution in [0.25, 0.3) is 5.57 Å². The molecule has 2 heterocycles. The number of imide groups is 1. The summed E-state index contributed by atoms with van der Waals surface area (Å²) in [5.41, 5.74) is 4.49. The van der Waals surface area contributed by atoms with E-state index in [1.54, 1.807) is 31.4 Å². The highest BCUT2D eigenvalue weighted by Gasteiger charge is 2.43. The summed E-state index contributed by atoms with van der Waals surface area (Å²) in [5.74, 6) is 0.653. The number of methoxy groups -OCH3 is 1. The van der Waals surface area contributed by atoms with Crippen molar-refractivity contribution in [2.75, 3.05) is 25.2 Å². The van der Waals surface area contributed by atoms with E-state index >= 15 is 0 Å². The van der Waals surface area contributed by atoms with Crippen molar-refractivity contribution in [1.82, 2.24) is 4.90 Å². The fourth-order valence-corrected chi connectivity index (χ4v) is 4.63. The molecule has 0 bridgehead atoms. The van der Waals surface area contributed by atoms with Crippen LogP contribution in [0.1, 0.15) is 23.6 Å². The smallest absolute Gasteiger partial charge is 0.282 e. The molecule has 0 saturated carbocycles. The van der Waals surface area contributed by atoms with Gasteiger partial charge in [0.2, 0.25) is 0 Å². The number of anilines is 1. The summed E-state index contributed by atoms with van der Waals surface area (Å²) < 4.78 is 10.9. The van der Waals surface area contributed by atoms with Gasteiger partial charge in [-0.05, 0) is 54.3 Å². The molecule has 0 N–H and O–H groups in total. The molecule has 34 heavy (non-hydrogen) atoms. The van der Waals surface area contributed by atoms with Crippen LogP contribution in [0.15, 0.2) is 78.5 Å². The van der Waals surface area contributed by atoms with Crippen molar-refractivity contribution < 1.29 is 19.1 Å². The maximum atomic E-state index is 13.8. The lowest BCUT2D eigenvalue weighted by Gasteiger charge is -2.31. The van der Waals surface area contributed by atoms with Gasteiger partial charge >= 0.3 is 0 Å². The van der Waals surface area contributed by atoms with Crippen LogP contribution in [-0.4, -0.2) is 37.0 Å². The largest absolute Gasteiger partial charge is 0.497 e. The average molecular weight is 455 g/mol. The number of ether oxygens (including phenoxy) is 2. The molecule has 0 fully saturated rings. The summed E-state index contributed by atoms with van der Waals surface area (Å²) in [4.78, 5) is 30.9. The average Bonchev–Trinajstić information content (AvgIpc) is 3.14. The van der Waals surface area contributed by atoms with E-state index in [4.69, 9.17) is 9.47 Å². The molecule has 6 heteroatoms. The Hall–Kier alpha value is -4.06. The highest BCUT2D eigenvalue weighted by Crippen LogP contribution is 2.38. The summed E-state index contributed by atoms with van der Waals surface area (Å²) in [6, 6.07) is 22.6. The Balaban J connectivity index is 1.59. The van der Waals surface area contributed by atoms with Crippen LogP contribution in [0.4, 0.5) is 5.69 Å². The standard InChI is InChI=1S/C28H26N2O4/c1-3-34-23-13-11-20(12-14-23)25-26(29-16-15-19-7-4-5-8-21(19)18-29)28(32)30(27(25)31)22-9-6-10-24(17-22)33-2/h4-14,17H,3,15-16,18H2,1-2H3. The molecular formula is C28H26N2O4. The second-order valence-corrected chi connectivity index (χ2v) is 8.27. The van der Waals surface area contributed by atoms with Gasteiger partial charge in [0.15, 0.2) is 0 Å². The molecule has 2 aliphatic heterocycles. The molecule has 5 rings (SSSR count). The van der Waals surface area contributed by atoms with E-state index < -0.39 is 0 Å². The molecule has 3 aromatic rings. The van der Waals surface area contributed by atoms with Crippen molar-refractivity contribution in [3.8, 4) is 11.5 Å². The van der Waals surface area contributed by atoms with E-state index in [-0.39, 0.29) is 11.8 Å². The second kappa shape index (κ2) is 9.06. The first-order chi connectivity index (χ1) is 16.6. The van der Waals surface area contributed by atoms with Crippen molar-refractivity contribution in [1.29, 1.82) is 0 Å². The van der Waals surface area contributed by atoms with Gasteiger partial charge in [0.1, 0.15) is 17.2 Å². The number of hydrogen-bond donors (Lipinski definition) is 0. The number of fused-ring (bicyclic) bond motifs is 1. The van der Waals surface area contributed by atoms with Gasteiger partial charge in [0.25, 0.3) is 11.8 Å². The molecule has 0 radical (unpaired) electrons. The van der Waals surface area contributed by atoms with Gasteiger partial charge in [-0.1, -0.05) is 42.5 Å². The van der Waals surface area contributed by atoms with Gasteiger partial charge in [-0.15, -0.1) is 0 Å². The first-order valence-electron chi connectivity index (χ1n) is 11.4. The predicted octanol–water partition coefficient (Wildman–Crippen LogP) is 4.44. The van der Waals surface area contributed by atoms with E-state index in [1.165, 1.54) is 16.0 Å². The molecule has 6 nitrogen and oxygen atoms in total. The van der Waals surface area contributed by atoms with Crippen molar-refractivity contribution in [3.63, 3.8) is 0 Å². The maximum Gasteiger partial charge on any atom is 0.282 e. The third-order valence-corrected chi connectivity index (χ3v) is 6.27. The van der Waals surface area contributed by atoms with E-state index in [9.17, 15) is 9.59 Å². The Labute approximate surface area is 199 Å². The predicted molar refractivity (Wildman–Crippen MR) is 131 cm³/mol. The van der Waals surface area contributed by atoms with E-state index in [0.717, 1.165) is 12.2 Å². The second-order valence-electron chi connectivity index (χ2n) is 8.27. The third kappa shape index (κ3) is 3.81. The number of amides is 2. The summed E-state index contributed by atoms with van der Waals surface area (Å²) in [5, 5.41) is 0. The molecule has 3 aromatic carbocycles. The Morgan fingerprint density at radius 2 is 1.62 bits per heavy atom. The SMILES string of the molecule is CCOc1ccc(C2=C(N3CCc4ccccc4C3)C(=O)N(c3cccc(OC)c3)C2=O)cc1. The van der Waals surface area contributed by atoms with Crippen LogP contribution >= 0.6 is 0 Å². The van der Waals surface area contributed by atoms with Crippen molar-refractivity contribution >= 4 is 23.1 Å². The molecule has 2 amide bonds. The monoisotopic (exact) mass is 454 g/mol. The van der Waals surface area contributed by atoms with Crippen molar-refractivity contribution in [2.45, 2.75) is 19.9 Å². The van der Waals surface area contributed by atoms with Crippen LogP contribution in [0.3, 0.4) is 0 Å². The maximum absolute atomic E-state index is 13.8. The molecule has 0 aliphatic carbocycles. The number of hydrogen-bond acceptors (Lipinski definition) is 5. The lowest BCUT2D eigenvalue weighted by Crippen LogP contribution is -2.37. The zero-order valence-electron chi connectivity index (χ0n) is 19.3. The number of carbonyl (C=O) groups is 2. The highest BCUT2D eigenvalue weighted by atomic mass is 16.5. The molecule has 0 saturated heterocycles. The van der Waals surface area contributed by atoms with Crippen LogP contribution in [0.5, 0.6) is 11.5 Å². The minimum atomic E-state index is -0.337. The van der Waals surface area contributed by atoms with Crippen LogP contribution < -0.4 is 14.4 Å². The number of carbonyl (C=O) groups excluding carboxylic acids is 2. The quantitative estimate of drug-likeness (QED) is 0.516. The van der Waals surface area contributed by atoms with E-state index in [0.29, 0.717) is 48.0 Å². The summed E-state index contributed by atoms with van der Waals surface area (Å²) >= 11 is 0. The molecule has 0 unspecified atom stereocenters. The number of nitrogens with zero attached hydrogens (tertiary/aromatic N) is 2. The van der Waals surface area contributed by atoms with Crippen LogP contribution in [0.2, 0.25) is 0 Å². The van der Waals surface area contributed by atoms with Gasteiger partial charge in [-0.3, -0.25) is 9.59 Å². The van der Waals surface area contributed by atoms with Crippen molar-refractivity contribution in [2.24, 2.45) is 0 Å². The molecule has 2 aliphatic rings. The first-order valence-corrected chi connectivity index (χ1v) is 11.4. The Morgan fingerprint density at radius 3 is 2.35 bits per heavy atom. The van der Waals surface area contributed by atoms with Crippen LogP contribution in [0, 0.1) is 0 Å². The van der Waals surface area contributed by atoms with Crippen molar-refractivity contribution in [3.05, 3.63) is 95.2 Å². The summed E-state index contributed by atoms with van der Waals surface area (Å²) in [6.45, 7) is 3.73. The fraction of sp³-hybridized carbons (Fsp3) is 0.214. The van der Waals surface area contributed by atoms with Gasteiger partial charge in [-0.2, -0.15) is 0 Å². The Bertz CT molecular complexity index is 1280. The molecule has 0 atom stereocenters. The number of benzene rings is 3. The summed E-state index contributed by atoms with van der Waals surface area (Å²) in [7, 11) is 1.56. The highest BCUT2D eigenvalue weighted by molar-refractivity contribution is 6.45. The van der Waals surface area contributed by atoms with Gasteiger partial charge in [0, 0.05) is 19.2 Å². The minimum Gasteiger partial charge on any atom is -0.497 e. The molecule has 0 aromatic heterocycles. The molecular weight excluding hydrogens is 428 g/mol. The zero-order valence-corrected chi connectivity index (χ0v) is 19.3. The minimum absolute atomic E-state index is 0.318. The first kappa shape index (κ1) is 21.8. The third-order valence-electron chi connectivity index (χ3n) is 6.27. The lowest BCUT2D eigenvalue weighted by atomic mass is 9.98. The van der Waals surface area contributed by atoms with Gasteiger partial charge < -0.3 is 14.4 Å². The van der Waals surface area contributed by atoms with Gasteiger partial charge in [0.05, 0.1) is 25.0 Å². The Morgan fingerprint density at radius 1 is 0.853 bits per heavy atom. The van der Waals surface area contributed by atoms with Crippen LogP contribution in [-0.2, 0) is 22.6 Å².